The van der Waals surface area contributed by atoms with Crippen molar-refractivity contribution in [1.82, 2.24) is 15.0 Å². The van der Waals surface area contributed by atoms with Crippen molar-refractivity contribution in [2.24, 2.45) is 0 Å². The van der Waals surface area contributed by atoms with Gasteiger partial charge in [-0.05, 0) is 29.1 Å². The largest absolute Gasteiger partial charge is 0.491 e. The molecule has 6 heteroatoms. The number of nitrogens with zero attached hydrogens (tertiary/aromatic N) is 3. The van der Waals surface area contributed by atoms with Gasteiger partial charge in [0, 0.05) is 6.20 Å². The van der Waals surface area contributed by atoms with Gasteiger partial charge >= 0.3 is 0 Å². The fourth-order valence-corrected chi connectivity index (χ4v) is 4.30. The average molecular weight is 426 g/mol. The zero-order chi connectivity index (χ0) is 21.2. The zero-order valence-electron chi connectivity index (χ0n) is 16.8. The molecule has 3 aromatic heterocycles. The van der Waals surface area contributed by atoms with Crippen LogP contribution >= 0.6 is 11.3 Å². The molecule has 0 unspecified atom stereocenters. The van der Waals surface area contributed by atoms with Gasteiger partial charge < -0.3 is 19.8 Å². The van der Waals surface area contributed by atoms with E-state index in [4.69, 9.17) is 4.74 Å². The highest BCUT2D eigenvalue weighted by Gasteiger charge is 2.11. The highest BCUT2D eigenvalue weighted by atomic mass is 32.1. The summed E-state index contributed by atoms with van der Waals surface area (Å²) in [6.45, 7) is 2.39. The molecule has 0 spiro atoms. The Labute approximate surface area is 184 Å². The molecule has 0 radical (unpaired) electrons. The second-order valence-corrected chi connectivity index (χ2v) is 8.01. The molecule has 3 heterocycles. The van der Waals surface area contributed by atoms with Crippen LogP contribution in [0.15, 0.2) is 78.4 Å². The Hall–Kier alpha value is -3.61. The van der Waals surface area contributed by atoms with E-state index in [9.17, 15) is 5.11 Å². The normalized spacial score (nSPS) is 11.0. The Balaban J connectivity index is 1.41. The van der Waals surface area contributed by atoms with Gasteiger partial charge in [-0.2, -0.15) is 5.52 Å². The van der Waals surface area contributed by atoms with Crippen LogP contribution in [0.25, 0.3) is 21.5 Å². The van der Waals surface area contributed by atoms with E-state index in [2.05, 4.69) is 15.0 Å². The maximum Gasteiger partial charge on any atom is 0.249 e. The van der Waals surface area contributed by atoms with Crippen LogP contribution in [-0.4, -0.2) is 20.1 Å². The number of fused-ring (bicyclic) bond motifs is 1. The van der Waals surface area contributed by atoms with Gasteiger partial charge in [-0.3, -0.25) is 4.98 Å². The molecule has 0 aliphatic heterocycles. The molecular formula is C25H19N3O2S-2. The molecule has 31 heavy (non-hydrogen) atoms. The van der Waals surface area contributed by atoms with Crippen LogP contribution in [0.1, 0.15) is 22.5 Å². The van der Waals surface area contributed by atoms with Crippen LogP contribution in [-0.2, 0) is 6.61 Å². The lowest BCUT2D eigenvalue weighted by Crippen LogP contribution is -2.02. The maximum absolute atomic E-state index is 11.0. The minimum absolute atomic E-state index is 0.129. The highest BCUT2D eigenvalue weighted by Crippen LogP contribution is 2.35. The Morgan fingerprint density at radius 2 is 1.94 bits per heavy atom. The summed E-state index contributed by atoms with van der Waals surface area (Å²) in [5, 5.41) is 14.6. The first-order valence-electron chi connectivity index (χ1n) is 9.85. The fraction of sp³-hybridized carbons (Fsp3) is 0.0800. The number of ether oxygens (including phenoxy) is 1. The Morgan fingerprint density at radius 1 is 1.06 bits per heavy atom. The van der Waals surface area contributed by atoms with Crippen LogP contribution < -0.4 is 4.74 Å². The molecule has 0 atom stereocenters. The van der Waals surface area contributed by atoms with E-state index in [1.165, 1.54) is 11.3 Å². The molecular weight excluding hydrogens is 406 g/mol. The summed E-state index contributed by atoms with van der Waals surface area (Å²) in [6, 6.07) is 19.6. The zero-order valence-corrected chi connectivity index (χ0v) is 17.6. The number of rotatable bonds is 6. The number of aliphatic hydroxyl groups excluding tert-OH is 1. The predicted octanol–water partition coefficient (Wildman–Crippen LogP) is 5.66. The van der Waals surface area contributed by atoms with Crippen LogP contribution in [0, 0.1) is 13.0 Å². The third-order valence-electron chi connectivity index (χ3n) is 5.03. The number of aliphatic hydroxyl groups is 1. The number of thiazole rings is 1. The molecule has 0 bridgehead atoms. The lowest BCUT2D eigenvalue weighted by Gasteiger charge is -2.26. The van der Waals surface area contributed by atoms with Crippen LogP contribution in [0.4, 0.5) is 0 Å². The Bertz CT molecular complexity index is 1310. The quantitative estimate of drug-likeness (QED) is 0.281. The number of aromatic nitrogens is 3. The molecule has 5 nitrogen and oxygen atoms in total. The lowest BCUT2D eigenvalue weighted by molar-refractivity contribution is 0.306. The molecule has 0 aliphatic rings. The molecule has 2 aromatic carbocycles. The number of benzene rings is 2. The summed E-state index contributed by atoms with van der Waals surface area (Å²) in [5.41, 5.74) is 4.80. The van der Waals surface area contributed by atoms with E-state index in [0.29, 0.717) is 17.9 Å². The van der Waals surface area contributed by atoms with Crippen molar-refractivity contribution in [3.8, 4) is 16.3 Å². The summed E-state index contributed by atoms with van der Waals surface area (Å²) < 4.78 is 5.92. The van der Waals surface area contributed by atoms with Crippen molar-refractivity contribution in [2.45, 2.75) is 13.5 Å². The highest BCUT2D eigenvalue weighted by molar-refractivity contribution is 7.13. The molecule has 0 amide bonds. The number of hydrogen-bond donors (Lipinski definition) is 1. The standard InChI is InChI=1S/C25H19N3O2S/c1-16-23(24(29)22-15-31-25(28-22)18-8-5-11-26-13-18)20-10-9-19(12-21(20)27-16)30-14-17-6-3-2-4-7-17/h2-13,15,29H,14H2,1H3/q-2. The van der Waals surface area contributed by atoms with E-state index in [-0.39, 0.29) is 6.10 Å². The summed E-state index contributed by atoms with van der Waals surface area (Å²) in [4.78, 5) is 13.4. The monoisotopic (exact) mass is 425 g/mol. The van der Waals surface area contributed by atoms with Gasteiger partial charge in [0.05, 0.1) is 0 Å². The molecule has 5 rings (SSSR count). The smallest absolute Gasteiger partial charge is 0.249 e. The second kappa shape index (κ2) is 8.26. The average Bonchev–Trinajstić information content (AvgIpc) is 3.42. The third kappa shape index (κ3) is 3.91. The molecule has 0 fully saturated rings. The summed E-state index contributed by atoms with van der Waals surface area (Å²) >= 11 is 1.47. The van der Waals surface area contributed by atoms with Gasteiger partial charge in [0.1, 0.15) is 17.7 Å². The molecule has 0 saturated heterocycles. The minimum Gasteiger partial charge on any atom is -0.491 e. The predicted molar refractivity (Wildman–Crippen MR) is 122 cm³/mol. The van der Waals surface area contributed by atoms with Gasteiger partial charge in [-0.15, -0.1) is 23.9 Å². The van der Waals surface area contributed by atoms with Gasteiger partial charge in [0.15, 0.2) is 11.3 Å². The number of pyridine rings is 1. The molecule has 5 aromatic rings. The van der Waals surface area contributed by atoms with Gasteiger partial charge in [0.2, 0.25) is 5.01 Å². The van der Waals surface area contributed by atoms with E-state index in [1.807, 2.05) is 73.0 Å². The Morgan fingerprint density at radius 3 is 2.74 bits per heavy atom. The van der Waals surface area contributed by atoms with Gasteiger partial charge in [-0.25, -0.2) is 10.9 Å². The molecule has 1 N–H and O–H groups in total. The van der Waals surface area contributed by atoms with Crippen LogP contribution in [0.2, 0.25) is 0 Å². The minimum atomic E-state index is 0.129. The summed E-state index contributed by atoms with van der Waals surface area (Å²) in [6.07, 6.45) is 3.62. The number of hydrogen-bond acceptors (Lipinski definition) is 5. The van der Waals surface area contributed by atoms with E-state index in [1.54, 1.807) is 12.4 Å². The van der Waals surface area contributed by atoms with Crippen molar-refractivity contribution in [1.29, 1.82) is 0 Å². The Kier molecular flexibility index (Phi) is 5.16. The first-order chi connectivity index (χ1) is 15.2. The van der Waals surface area contributed by atoms with Crippen LogP contribution in [0.5, 0.6) is 5.75 Å². The van der Waals surface area contributed by atoms with Crippen molar-refractivity contribution in [3.05, 3.63) is 107 Å². The van der Waals surface area contributed by atoms with Crippen molar-refractivity contribution >= 4 is 22.2 Å². The number of aryl methyl sites for hydroxylation is 1. The van der Waals surface area contributed by atoms with Crippen molar-refractivity contribution in [3.63, 3.8) is 0 Å². The third-order valence-corrected chi connectivity index (χ3v) is 5.92. The fourth-order valence-electron chi connectivity index (χ4n) is 3.51. The van der Waals surface area contributed by atoms with Crippen LogP contribution in [0.3, 0.4) is 0 Å². The maximum atomic E-state index is 11.0. The van der Waals surface area contributed by atoms with Crippen molar-refractivity contribution in [2.75, 3.05) is 0 Å². The second-order valence-electron chi connectivity index (χ2n) is 7.15. The lowest BCUT2D eigenvalue weighted by atomic mass is 10.0. The van der Waals surface area contributed by atoms with Gasteiger partial charge in [-0.1, -0.05) is 49.4 Å². The van der Waals surface area contributed by atoms with Gasteiger partial charge in [0.25, 0.3) is 0 Å². The topological polar surface area (TPSA) is 68.1 Å². The summed E-state index contributed by atoms with van der Waals surface area (Å²) in [7, 11) is 0. The van der Waals surface area contributed by atoms with E-state index < -0.39 is 0 Å². The molecule has 0 aliphatic carbocycles. The summed E-state index contributed by atoms with van der Waals surface area (Å²) in [5.74, 6) is 0.743. The SMILES string of the molecule is C[c-]1nc2cc(OCc3ccccc3)ccc2c1[C-](O)c1c[s+][c-](-c2cccnc2)n1. The van der Waals surface area contributed by atoms with E-state index in [0.717, 1.165) is 38.5 Å². The first kappa shape index (κ1) is 19.4. The van der Waals surface area contributed by atoms with E-state index >= 15 is 0 Å². The molecule has 0 saturated carbocycles. The van der Waals surface area contributed by atoms with Crippen molar-refractivity contribution < 1.29 is 9.84 Å². The molecule has 154 valence electrons. The first-order valence-corrected chi connectivity index (χ1v) is 10.7.